The third-order valence-corrected chi connectivity index (χ3v) is 3.44. The van der Waals surface area contributed by atoms with E-state index in [4.69, 9.17) is 11.6 Å². The van der Waals surface area contributed by atoms with Gasteiger partial charge in [0.2, 0.25) is 0 Å². The quantitative estimate of drug-likeness (QED) is 0.793. The van der Waals surface area contributed by atoms with Gasteiger partial charge in [-0.1, -0.05) is 23.7 Å². The van der Waals surface area contributed by atoms with E-state index in [1.54, 1.807) is 18.3 Å². The lowest BCUT2D eigenvalue weighted by atomic mass is 10.0. The number of benzene rings is 1. The molecule has 0 unspecified atom stereocenters. The van der Waals surface area contributed by atoms with E-state index < -0.39 is 0 Å². The van der Waals surface area contributed by atoms with Crippen molar-refractivity contribution < 1.29 is 4.79 Å². The summed E-state index contributed by atoms with van der Waals surface area (Å²) in [5.41, 5.74) is 1.51. The molecule has 0 aliphatic heterocycles. The molecule has 1 heterocycles. The van der Waals surface area contributed by atoms with Crippen LogP contribution in [-0.2, 0) is 13.0 Å². The average molecular weight is 263 g/mol. The summed E-state index contributed by atoms with van der Waals surface area (Å²) >= 11 is 6.03. The minimum absolute atomic E-state index is 0.0518. The first-order chi connectivity index (χ1) is 8.63. The lowest BCUT2D eigenvalue weighted by Gasteiger charge is -2.07. The summed E-state index contributed by atoms with van der Waals surface area (Å²) in [6.07, 6.45) is 3.91. The molecule has 2 rings (SSSR count). The van der Waals surface area contributed by atoms with E-state index in [-0.39, 0.29) is 5.78 Å². The van der Waals surface area contributed by atoms with Crippen LogP contribution >= 0.6 is 11.6 Å². The van der Waals surface area contributed by atoms with E-state index in [9.17, 15) is 4.79 Å². The van der Waals surface area contributed by atoms with Crippen LogP contribution in [0.25, 0.3) is 0 Å². The molecule has 0 radical (unpaired) electrons. The van der Waals surface area contributed by atoms with Crippen LogP contribution in [0.4, 0.5) is 0 Å². The number of carbonyl (C=O) groups excluding carboxylic acids is 1. The molecule has 0 saturated heterocycles. The second-order valence-electron chi connectivity index (χ2n) is 4.14. The van der Waals surface area contributed by atoms with Crippen molar-refractivity contribution in [2.24, 2.45) is 0 Å². The van der Waals surface area contributed by atoms with E-state index >= 15 is 0 Å². The first-order valence-corrected chi connectivity index (χ1v) is 6.29. The zero-order valence-corrected chi connectivity index (χ0v) is 11.2. The van der Waals surface area contributed by atoms with Crippen molar-refractivity contribution >= 4 is 17.4 Å². The number of nitrogens with zero attached hydrogens (tertiary/aromatic N) is 2. The zero-order valence-electron chi connectivity index (χ0n) is 10.5. The number of aryl methyl sites for hydroxylation is 1. The molecule has 2 aromatic rings. The van der Waals surface area contributed by atoms with Gasteiger partial charge in [-0.05, 0) is 25.5 Å². The molecular formula is C14H15ClN2O. The van der Waals surface area contributed by atoms with Gasteiger partial charge in [-0.3, -0.25) is 4.79 Å². The highest BCUT2D eigenvalue weighted by atomic mass is 35.5. The van der Waals surface area contributed by atoms with Crippen LogP contribution in [-0.4, -0.2) is 15.3 Å². The summed E-state index contributed by atoms with van der Waals surface area (Å²) in [6, 6.07) is 5.40. The Balaban J connectivity index is 2.25. The van der Waals surface area contributed by atoms with Crippen molar-refractivity contribution in [2.75, 3.05) is 0 Å². The van der Waals surface area contributed by atoms with Crippen LogP contribution in [0.3, 0.4) is 0 Å². The number of hydrogen-bond acceptors (Lipinski definition) is 2. The maximum Gasteiger partial charge on any atom is 0.170 e. The molecule has 4 heteroatoms. The Morgan fingerprint density at radius 3 is 2.94 bits per heavy atom. The largest absolute Gasteiger partial charge is 0.335 e. The molecule has 0 bridgehead atoms. The van der Waals surface area contributed by atoms with Crippen LogP contribution in [0, 0.1) is 6.92 Å². The molecule has 1 aromatic heterocycles. The van der Waals surface area contributed by atoms with Gasteiger partial charge in [-0.25, -0.2) is 4.98 Å². The van der Waals surface area contributed by atoms with Crippen molar-refractivity contribution in [3.63, 3.8) is 0 Å². The molecule has 0 aliphatic carbocycles. The Labute approximate surface area is 111 Å². The Kier molecular flexibility index (Phi) is 3.82. The average Bonchev–Trinajstić information content (AvgIpc) is 2.79. The van der Waals surface area contributed by atoms with Crippen molar-refractivity contribution in [1.29, 1.82) is 0 Å². The van der Waals surface area contributed by atoms with Crippen molar-refractivity contribution in [3.05, 3.63) is 52.6 Å². The summed E-state index contributed by atoms with van der Waals surface area (Å²) in [6.45, 7) is 4.71. The number of rotatable bonds is 4. The molecule has 0 N–H and O–H groups in total. The number of aromatic nitrogens is 2. The van der Waals surface area contributed by atoms with Gasteiger partial charge in [0.25, 0.3) is 0 Å². The highest BCUT2D eigenvalue weighted by Crippen LogP contribution is 2.20. The van der Waals surface area contributed by atoms with E-state index in [1.165, 1.54) is 0 Å². The van der Waals surface area contributed by atoms with Gasteiger partial charge in [0.1, 0.15) is 5.82 Å². The predicted molar refractivity (Wildman–Crippen MR) is 72.1 cm³/mol. The van der Waals surface area contributed by atoms with E-state index in [2.05, 4.69) is 4.98 Å². The van der Waals surface area contributed by atoms with Gasteiger partial charge in [-0.2, -0.15) is 0 Å². The highest BCUT2D eigenvalue weighted by Gasteiger charge is 2.14. The molecule has 0 fully saturated rings. The molecule has 1 aromatic carbocycles. The number of Topliss-reactive ketones (excluding diaryl/α,β-unsaturated/α-hetero) is 1. The molecule has 0 spiro atoms. The Hall–Kier alpha value is -1.61. The van der Waals surface area contributed by atoms with Gasteiger partial charge in [-0.15, -0.1) is 0 Å². The third-order valence-electron chi connectivity index (χ3n) is 3.03. The second-order valence-corrected chi connectivity index (χ2v) is 4.55. The smallest absolute Gasteiger partial charge is 0.170 e. The van der Waals surface area contributed by atoms with Crippen LogP contribution in [0.2, 0.25) is 5.02 Å². The molecule has 94 valence electrons. The first kappa shape index (κ1) is 12.8. The van der Waals surface area contributed by atoms with Crippen molar-refractivity contribution in [1.82, 2.24) is 9.55 Å². The van der Waals surface area contributed by atoms with Crippen LogP contribution in [0.5, 0.6) is 0 Å². The van der Waals surface area contributed by atoms with E-state index in [0.717, 1.165) is 17.9 Å². The number of hydrogen-bond donors (Lipinski definition) is 0. The fraction of sp³-hybridized carbons (Fsp3) is 0.286. The topological polar surface area (TPSA) is 34.9 Å². The minimum Gasteiger partial charge on any atom is -0.335 e. The summed E-state index contributed by atoms with van der Waals surface area (Å²) in [5, 5.41) is 0.625. The standard InChI is InChI=1S/C14H15ClN2O/c1-3-17-8-7-16-14(17)9-13(18)11-5-4-6-12(15)10(11)2/h4-8H,3,9H2,1-2H3. The SMILES string of the molecule is CCn1ccnc1CC(=O)c1cccc(Cl)c1C. The number of carbonyl (C=O) groups is 1. The molecule has 0 atom stereocenters. The van der Waals surface area contributed by atoms with Gasteiger partial charge in [0.05, 0.1) is 6.42 Å². The normalized spacial score (nSPS) is 10.6. The molecule has 0 aliphatic rings. The predicted octanol–water partition coefficient (Wildman–Crippen LogP) is 3.29. The van der Waals surface area contributed by atoms with Crippen LogP contribution in [0.15, 0.2) is 30.6 Å². The Morgan fingerprint density at radius 2 is 2.22 bits per heavy atom. The fourth-order valence-corrected chi connectivity index (χ4v) is 2.12. The highest BCUT2D eigenvalue weighted by molar-refractivity contribution is 6.31. The molecule has 0 amide bonds. The van der Waals surface area contributed by atoms with E-state index in [1.807, 2.05) is 30.7 Å². The second kappa shape index (κ2) is 5.36. The maximum absolute atomic E-state index is 12.2. The van der Waals surface area contributed by atoms with E-state index in [0.29, 0.717) is 17.0 Å². The minimum atomic E-state index is 0.0518. The lowest BCUT2D eigenvalue weighted by molar-refractivity contribution is 0.0989. The lowest BCUT2D eigenvalue weighted by Crippen LogP contribution is -2.10. The van der Waals surface area contributed by atoms with Gasteiger partial charge < -0.3 is 4.57 Å². The third kappa shape index (κ3) is 2.46. The maximum atomic E-state index is 12.2. The zero-order chi connectivity index (χ0) is 13.1. The fourth-order valence-electron chi connectivity index (χ4n) is 1.94. The molecule has 18 heavy (non-hydrogen) atoms. The summed E-state index contributed by atoms with van der Waals surface area (Å²) in [5.74, 6) is 0.845. The molecule has 3 nitrogen and oxygen atoms in total. The summed E-state index contributed by atoms with van der Waals surface area (Å²) < 4.78 is 1.97. The summed E-state index contributed by atoms with van der Waals surface area (Å²) in [7, 11) is 0. The number of imidazole rings is 1. The van der Waals surface area contributed by atoms with Gasteiger partial charge >= 0.3 is 0 Å². The van der Waals surface area contributed by atoms with Gasteiger partial charge in [0.15, 0.2) is 5.78 Å². The number of halogens is 1. The van der Waals surface area contributed by atoms with Crippen molar-refractivity contribution in [2.45, 2.75) is 26.8 Å². The van der Waals surface area contributed by atoms with Crippen LogP contribution < -0.4 is 0 Å². The Bertz CT molecular complexity index is 575. The number of ketones is 1. The van der Waals surface area contributed by atoms with Crippen LogP contribution in [0.1, 0.15) is 28.7 Å². The molecular weight excluding hydrogens is 248 g/mol. The van der Waals surface area contributed by atoms with Crippen molar-refractivity contribution in [3.8, 4) is 0 Å². The van der Waals surface area contributed by atoms with Gasteiger partial charge in [0, 0.05) is 29.5 Å². The summed E-state index contributed by atoms with van der Waals surface area (Å²) in [4.78, 5) is 16.5. The Morgan fingerprint density at radius 1 is 1.44 bits per heavy atom. The monoisotopic (exact) mass is 262 g/mol. The molecule has 0 saturated carbocycles. The first-order valence-electron chi connectivity index (χ1n) is 5.91.